The Morgan fingerprint density at radius 2 is 1.73 bits per heavy atom. The van der Waals surface area contributed by atoms with Crippen LogP contribution >= 0.6 is 0 Å². The van der Waals surface area contributed by atoms with Crippen molar-refractivity contribution in [3.63, 3.8) is 0 Å². The van der Waals surface area contributed by atoms with Gasteiger partial charge in [-0.15, -0.1) is 0 Å². The van der Waals surface area contributed by atoms with Gasteiger partial charge in [-0.1, -0.05) is 36.9 Å². The third-order valence-electron chi connectivity index (χ3n) is 4.89. The zero-order valence-corrected chi connectivity index (χ0v) is 15.0. The van der Waals surface area contributed by atoms with Gasteiger partial charge in [0, 0.05) is 0 Å². The normalized spacial score (nSPS) is 20.5. The van der Waals surface area contributed by atoms with Crippen molar-refractivity contribution in [2.45, 2.75) is 12.8 Å². The Bertz CT molecular complexity index is 785. The predicted molar refractivity (Wildman–Crippen MR) is 97.1 cm³/mol. The van der Waals surface area contributed by atoms with E-state index in [1.165, 1.54) is 14.2 Å². The average molecular weight is 354 g/mol. The second kappa shape index (κ2) is 7.30. The van der Waals surface area contributed by atoms with Crippen LogP contribution in [0.15, 0.2) is 59.2 Å². The summed E-state index contributed by atoms with van der Waals surface area (Å²) < 4.78 is 15.5. The van der Waals surface area contributed by atoms with E-state index in [2.05, 4.69) is 12.7 Å². The number of ether oxygens (including phenoxy) is 3. The van der Waals surface area contributed by atoms with Gasteiger partial charge in [0.1, 0.15) is 0 Å². The Hall–Kier alpha value is -2.66. The molecule has 136 valence electrons. The molecular weight excluding hydrogens is 332 g/mol. The molecule has 1 aliphatic carbocycles. The highest BCUT2D eigenvalue weighted by molar-refractivity contribution is 6.01. The van der Waals surface area contributed by atoms with Crippen LogP contribution in [0, 0.1) is 5.41 Å². The lowest BCUT2D eigenvalue weighted by molar-refractivity contribution is -0.169. The van der Waals surface area contributed by atoms with E-state index in [4.69, 9.17) is 14.2 Å². The zero-order valence-electron chi connectivity index (χ0n) is 15.0. The van der Waals surface area contributed by atoms with Crippen LogP contribution in [0.4, 0.5) is 0 Å². The van der Waals surface area contributed by atoms with Crippen molar-refractivity contribution >= 4 is 18.0 Å². The fourth-order valence-corrected chi connectivity index (χ4v) is 3.78. The molecule has 0 aromatic heterocycles. The molecular formula is C21H22O5. The van der Waals surface area contributed by atoms with Gasteiger partial charge in [-0.3, -0.25) is 9.59 Å². The van der Waals surface area contributed by atoms with Crippen molar-refractivity contribution in [3.8, 4) is 0 Å². The SMILES string of the molecule is C=C1CC(C(=O)OC)(C(=O)OC)CC2=C1/C(=C\c1ccccc1)COC2. The van der Waals surface area contributed by atoms with Crippen LogP contribution in [0.25, 0.3) is 6.08 Å². The molecule has 0 unspecified atom stereocenters. The summed E-state index contributed by atoms with van der Waals surface area (Å²) in [5, 5.41) is 0. The molecule has 1 aliphatic heterocycles. The number of hydrogen-bond donors (Lipinski definition) is 0. The molecule has 0 saturated heterocycles. The minimum atomic E-state index is -1.39. The maximum Gasteiger partial charge on any atom is 0.323 e. The largest absolute Gasteiger partial charge is 0.468 e. The second-order valence-corrected chi connectivity index (χ2v) is 6.57. The van der Waals surface area contributed by atoms with E-state index >= 15 is 0 Å². The molecule has 5 nitrogen and oxygen atoms in total. The molecule has 3 rings (SSSR count). The molecule has 2 aliphatic rings. The Balaban J connectivity index is 2.05. The van der Waals surface area contributed by atoms with Crippen LogP contribution in [0.2, 0.25) is 0 Å². The van der Waals surface area contributed by atoms with Crippen LogP contribution in [-0.2, 0) is 23.8 Å². The van der Waals surface area contributed by atoms with E-state index in [0.717, 1.165) is 27.9 Å². The molecule has 1 aromatic carbocycles. The first-order valence-corrected chi connectivity index (χ1v) is 8.42. The van der Waals surface area contributed by atoms with Gasteiger partial charge in [0.15, 0.2) is 5.41 Å². The quantitative estimate of drug-likeness (QED) is 0.617. The van der Waals surface area contributed by atoms with E-state index in [1.54, 1.807) is 0 Å². The number of carbonyl (C=O) groups is 2. The molecule has 0 fully saturated rings. The molecule has 5 heteroatoms. The van der Waals surface area contributed by atoms with Crippen molar-refractivity contribution in [1.82, 2.24) is 0 Å². The average Bonchev–Trinajstić information content (AvgIpc) is 2.67. The molecule has 0 atom stereocenters. The molecule has 1 heterocycles. The van der Waals surface area contributed by atoms with Crippen molar-refractivity contribution in [2.24, 2.45) is 5.41 Å². The molecule has 0 amide bonds. The van der Waals surface area contributed by atoms with E-state index in [0.29, 0.717) is 13.2 Å². The van der Waals surface area contributed by atoms with E-state index < -0.39 is 17.4 Å². The summed E-state index contributed by atoms with van der Waals surface area (Å²) in [7, 11) is 2.55. The van der Waals surface area contributed by atoms with Gasteiger partial charge in [-0.05, 0) is 46.8 Å². The molecule has 0 radical (unpaired) electrons. The van der Waals surface area contributed by atoms with Gasteiger partial charge in [-0.25, -0.2) is 0 Å². The van der Waals surface area contributed by atoms with Crippen LogP contribution in [0.1, 0.15) is 18.4 Å². The lowest BCUT2D eigenvalue weighted by Gasteiger charge is -2.38. The van der Waals surface area contributed by atoms with Gasteiger partial charge < -0.3 is 14.2 Å². The number of allylic oxidation sites excluding steroid dienone is 1. The summed E-state index contributed by atoms with van der Waals surface area (Å²) in [6.07, 6.45) is 2.45. The van der Waals surface area contributed by atoms with Crippen molar-refractivity contribution < 1.29 is 23.8 Å². The van der Waals surface area contributed by atoms with Gasteiger partial charge in [0.2, 0.25) is 0 Å². The fourth-order valence-electron chi connectivity index (χ4n) is 3.78. The van der Waals surface area contributed by atoms with Crippen LogP contribution in [0.5, 0.6) is 0 Å². The minimum absolute atomic E-state index is 0.178. The fraction of sp³-hybridized carbons (Fsp3) is 0.333. The first kappa shape index (κ1) is 18.1. The number of carbonyl (C=O) groups excluding carboxylic acids is 2. The third-order valence-corrected chi connectivity index (χ3v) is 4.89. The minimum Gasteiger partial charge on any atom is -0.468 e. The number of hydrogen-bond acceptors (Lipinski definition) is 5. The van der Waals surface area contributed by atoms with Crippen LogP contribution in [0.3, 0.4) is 0 Å². The summed E-state index contributed by atoms with van der Waals surface area (Å²) in [6.45, 7) is 4.98. The Kier molecular flexibility index (Phi) is 5.09. The second-order valence-electron chi connectivity index (χ2n) is 6.57. The maximum atomic E-state index is 12.4. The van der Waals surface area contributed by atoms with Crippen LogP contribution in [-0.4, -0.2) is 39.4 Å². The lowest BCUT2D eigenvalue weighted by atomic mass is 9.67. The summed E-state index contributed by atoms with van der Waals surface area (Å²) in [4.78, 5) is 24.9. The lowest BCUT2D eigenvalue weighted by Crippen LogP contribution is -2.45. The van der Waals surface area contributed by atoms with Crippen molar-refractivity contribution in [3.05, 3.63) is 64.8 Å². The predicted octanol–water partition coefficient (Wildman–Crippen LogP) is 3.08. The topological polar surface area (TPSA) is 61.8 Å². The molecule has 0 saturated carbocycles. The Morgan fingerprint density at radius 3 is 2.35 bits per heavy atom. The van der Waals surface area contributed by atoms with Crippen LogP contribution < -0.4 is 0 Å². The van der Waals surface area contributed by atoms with Gasteiger partial charge >= 0.3 is 11.9 Å². The standard InChI is InChI=1S/C21H22O5/c1-14-10-21(19(22)24-2,20(23)25-3)11-17-13-26-12-16(18(14)17)9-15-7-5-4-6-8-15/h4-9H,1,10-13H2,2-3H3/b16-9-. The van der Waals surface area contributed by atoms with Gasteiger partial charge in [0.05, 0.1) is 27.4 Å². The Labute approximate surface area is 152 Å². The summed E-state index contributed by atoms with van der Waals surface area (Å²) in [5.41, 5.74) is 3.29. The first-order chi connectivity index (χ1) is 12.5. The molecule has 0 N–H and O–H groups in total. The molecule has 0 bridgehead atoms. The summed E-state index contributed by atoms with van der Waals surface area (Å²) in [6, 6.07) is 9.94. The smallest absolute Gasteiger partial charge is 0.323 e. The Morgan fingerprint density at radius 1 is 1.08 bits per heavy atom. The zero-order chi connectivity index (χ0) is 18.7. The molecule has 0 spiro atoms. The highest BCUT2D eigenvalue weighted by Gasteiger charge is 2.52. The third kappa shape index (κ3) is 3.10. The number of esters is 2. The molecule has 1 aromatic rings. The number of benzene rings is 1. The summed E-state index contributed by atoms with van der Waals surface area (Å²) in [5.74, 6) is -1.20. The van der Waals surface area contributed by atoms with E-state index in [1.807, 2.05) is 30.3 Å². The summed E-state index contributed by atoms with van der Waals surface area (Å²) >= 11 is 0. The number of rotatable bonds is 3. The van der Waals surface area contributed by atoms with Crippen molar-refractivity contribution in [1.29, 1.82) is 0 Å². The maximum absolute atomic E-state index is 12.4. The van der Waals surface area contributed by atoms with Gasteiger partial charge in [-0.2, -0.15) is 0 Å². The van der Waals surface area contributed by atoms with Gasteiger partial charge in [0.25, 0.3) is 0 Å². The highest BCUT2D eigenvalue weighted by atomic mass is 16.5. The molecule has 26 heavy (non-hydrogen) atoms. The van der Waals surface area contributed by atoms with Crippen molar-refractivity contribution in [2.75, 3.05) is 27.4 Å². The first-order valence-electron chi connectivity index (χ1n) is 8.42. The van der Waals surface area contributed by atoms with E-state index in [9.17, 15) is 9.59 Å². The number of methoxy groups -OCH3 is 2. The highest BCUT2D eigenvalue weighted by Crippen LogP contribution is 2.47. The van der Waals surface area contributed by atoms with E-state index in [-0.39, 0.29) is 12.8 Å². The monoisotopic (exact) mass is 354 g/mol.